The zero-order valence-corrected chi connectivity index (χ0v) is 13.2. The van der Waals surface area contributed by atoms with E-state index < -0.39 is 14.3 Å². The molecule has 0 nitrogen and oxygen atoms in total. The Balaban J connectivity index is 4.63. The Labute approximate surface area is 117 Å². The van der Waals surface area contributed by atoms with Gasteiger partial charge in [-0.05, 0) is 0 Å². The molecule has 0 heterocycles. The van der Waals surface area contributed by atoms with Gasteiger partial charge in [-0.15, -0.1) is 0 Å². The normalized spacial score (nSPS) is 11.9. The average Bonchev–Trinajstić information content (AvgIpc) is 2.28. The number of hydrogen-bond donors (Lipinski definition) is 0. The Hall–Kier alpha value is -0.0501. The predicted octanol–water partition coefficient (Wildman–Crippen LogP) is 3.93. The molecule has 0 aromatic rings. The monoisotopic (exact) mass is 276 g/mol. The van der Waals surface area contributed by atoms with Gasteiger partial charge in [-0.3, -0.25) is 0 Å². The second-order valence-electron chi connectivity index (χ2n) is 4.77. The molecular weight excluding hydrogens is 252 g/mol. The van der Waals surface area contributed by atoms with E-state index in [1.54, 1.807) is 0 Å². The summed E-state index contributed by atoms with van der Waals surface area (Å²) in [6.45, 7) is 15.2. The highest BCUT2D eigenvalue weighted by atomic mass is 31.2. The third-order valence-electron chi connectivity index (χ3n) is 2.96. The molecule has 0 aliphatic carbocycles. The first-order valence-electron chi connectivity index (χ1n) is 6.18. The van der Waals surface area contributed by atoms with Crippen molar-refractivity contribution in [2.24, 2.45) is 0 Å². The first-order chi connectivity index (χ1) is 8.45. The van der Waals surface area contributed by atoms with Crippen LogP contribution in [-0.4, -0.2) is 52.1 Å². The highest BCUT2D eigenvalue weighted by Gasteiger charge is 2.22. The standard InChI is InChI=1S/C14H24B2P2/c1-5-9-17(15,10-6-2)13-14-18(16,11-7-3)12-8-4/h5-8H,1-4,9-14H2. The SMILES string of the molecule is [B-][P+](CC=C)(CC=C)CC[P+]([B-])(CC=C)CC=C. The summed E-state index contributed by atoms with van der Waals surface area (Å²) in [6, 6.07) is 0. The molecule has 18 heavy (non-hydrogen) atoms. The maximum atomic E-state index is 6.50. The summed E-state index contributed by atoms with van der Waals surface area (Å²) in [7, 11) is 10.1. The molecule has 0 aromatic carbocycles. The van der Waals surface area contributed by atoms with Gasteiger partial charge in [-0.2, -0.15) is 0 Å². The van der Waals surface area contributed by atoms with Crippen LogP contribution in [0.3, 0.4) is 0 Å². The third kappa shape index (κ3) is 6.77. The Morgan fingerprint density at radius 1 is 0.611 bits per heavy atom. The third-order valence-corrected chi connectivity index (χ3v) is 9.48. The van der Waals surface area contributed by atoms with E-state index in [0.29, 0.717) is 0 Å². The zero-order chi connectivity index (χ0) is 14.1. The fraction of sp³-hybridized carbons (Fsp3) is 0.429. The van der Waals surface area contributed by atoms with Crippen molar-refractivity contribution in [3.05, 3.63) is 50.6 Å². The van der Waals surface area contributed by atoms with Crippen LogP contribution in [0, 0.1) is 0 Å². The number of hydrogen-bond acceptors (Lipinski definition) is 0. The Bertz CT molecular complexity index is 250. The van der Waals surface area contributed by atoms with Gasteiger partial charge in [0.05, 0.1) is 0 Å². The summed E-state index contributed by atoms with van der Waals surface area (Å²) in [5.41, 5.74) is 0. The Morgan fingerprint density at radius 3 is 1.00 bits per heavy atom. The van der Waals surface area contributed by atoms with Gasteiger partial charge in [0.2, 0.25) is 0 Å². The molecule has 0 aliphatic rings. The van der Waals surface area contributed by atoms with Gasteiger partial charge in [0.25, 0.3) is 0 Å². The largest absolute Gasteiger partial charge is 0.305 e. The Kier molecular flexibility index (Phi) is 8.92. The van der Waals surface area contributed by atoms with E-state index in [9.17, 15) is 0 Å². The number of allylic oxidation sites excluding steroid dienone is 4. The van der Waals surface area contributed by atoms with E-state index in [1.807, 2.05) is 24.3 Å². The van der Waals surface area contributed by atoms with Gasteiger partial charge in [0.15, 0.2) is 0 Å². The predicted molar refractivity (Wildman–Crippen MR) is 95.3 cm³/mol. The van der Waals surface area contributed by atoms with Gasteiger partial charge in [-0.1, -0.05) is 50.6 Å². The maximum Gasteiger partial charge on any atom is 0.0416 e. The smallest absolute Gasteiger partial charge is 0.0416 e. The van der Waals surface area contributed by atoms with Crippen molar-refractivity contribution in [1.82, 2.24) is 0 Å². The summed E-state index contributed by atoms with van der Waals surface area (Å²) >= 11 is 0. The molecule has 96 valence electrons. The summed E-state index contributed by atoms with van der Waals surface area (Å²) in [5, 5.41) is 0. The van der Waals surface area contributed by atoms with E-state index in [2.05, 4.69) is 26.3 Å². The van der Waals surface area contributed by atoms with E-state index >= 15 is 0 Å². The molecule has 0 aliphatic heterocycles. The van der Waals surface area contributed by atoms with Crippen molar-refractivity contribution in [3.63, 3.8) is 0 Å². The second kappa shape index (κ2) is 8.95. The van der Waals surface area contributed by atoms with Gasteiger partial charge in [0, 0.05) is 37.0 Å². The first kappa shape index (κ1) is 17.9. The van der Waals surface area contributed by atoms with Crippen molar-refractivity contribution in [3.8, 4) is 0 Å². The van der Waals surface area contributed by atoms with Crippen LogP contribution in [0.2, 0.25) is 0 Å². The van der Waals surface area contributed by atoms with Crippen LogP contribution in [0.1, 0.15) is 0 Å². The fourth-order valence-corrected chi connectivity index (χ4v) is 8.21. The van der Waals surface area contributed by atoms with Crippen LogP contribution in [0.25, 0.3) is 0 Å². The van der Waals surface area contributed by atoms with E-state index in [1.165, 1.54) is 0 Å². The van der Waals surface area contributed by atoms with E-state index in [4.69, 9.17) is 15.1 Å². The molecule has 0 spiro atoms. The summed E-state index contributed by atoms with van der Waals surface area (Å²) < 4.78 is 0. The Morgan fingerprint density at radius 2 is 0.833 bits per heavy atom. The van der Waals surface area contributed by atoms with Crippen LogP contribution in [0.15, 0.2) is 50.6 Å². The summed E-state index contributed by atoms with van der Waals surface area (Å²) in [6.07, 6.45) is 13.3. The minimum absolute atomic E-state index is 0.904. The van der Waals surface area contributed by atoms with Crippen molar-refractivity contribution in [2.75, 3.05) is 37.0 Å². The van der Waals surface area contributed by atoms with Crippen LogP contribution in [-0.2, 0) is 0 Å². The quantitative estimate of drug-likeness (QED) is 0.304. The van der Waals surface area contributed by atoms with Crippen LogP contribution >= 0.6 is 14.3 Å². The maximum absolute atomic E-state index is 6.50. The van der Waals surface area contributed by atoms with Gasteiger partial charge >= 0.3 is 0 Å². The van der Waals surface area contributed by atoms with Crippen molar-refractivity contribution >= 4 is 29.4 Å². The molecule has 0 rings (SSSR count). The molecule has 0 amide bonds. The van der Waals surface area contributed by atoms with Crippen molar-refractivity contribution in [1.29, 1.82) is 0 Å². The first-order valence-corrected chi connectivity index (χ1v) is 11.0. The molecule has 0 fully saturated rings. The van der Waals surface area contributed by atoms with Crippen LogP contribution in [0.5, 0.6) is 0 Å². The molecule has 4 heteroatoms. The van der Waals surface area contributed by atoms with Gasteiger partial charge in [0.1, 0.15) is 0 Å². The van der Waals surface area contributed by atoms with Gasteiger partial charge in [-0.25, -0.2) is 14.3 Å². The molecule has 0 saturated carbocycles. The molecule has 0 atom stereocenters. The van der Waals surface area contributed by atoms with E-state index in [-0.39, 0.29) is 0 Å². The zero-order valence-electron chi connectivity index (χ0n) is 11.4. The second-order valence-corrected chi connectivity index (χ2v) is 12.0. The van der Waals surface area contributed by atoms with Gasteiger partial charge < -0.3 is 15.1 Å². The lowest BCUT2D eigenvalue weighted by Crippen LogP contribution is -2.14. The van der Waals surface area contributed by atoms with Crippen molar-refractivity contribution in [2.45, 2.75) is 0 Å². The lowest BCUT2D eigenvalue weighted by Gasteiger charge is -2.41. The fourth-order valence-electron chi connectivity index (χ4n) is 1.94. The minimum atomic E-state index is -1.47. The topological polar surface area (TPSA) is 0 Å². The lowest BCUT2D eigenvalue weighted by atomic mass is 10.7. The molecule has 0 N–H and O–H groups in total. The molecule has 0 unspecified atom stereocenters. The van der Waals surface area contributed by atoms with Crippen LogP contribution < -0.4 is 0 Å². The molecule has 0 saturated heterocycles. The molecule has 0 bridgehead atoms. The molecule has 6 radical (unpaired) electrons. The summed E-state index contributed by atoms with van der Waals surface area (Å²) in [5.74, 6) is 0. The molecular formula is C14H24B2P2. The van der Waals surface area contributed by atoms with Crippen molar-refractivity contribution < 1.29 is 0 Å². The highest BCUT2D eigenvalue weighted by molar-refractivity contribution is 8.00. The minimum Gasteiger partial charge on any atom is -0.305 e. The highest BCUT2D eigenvalue weighted by Crippen LogP contribution is 2.61. The lowest BCUT2D eigenvalue weighted by molar-refractivity contribution is 1.40. The summed E-state index contributed by atoms with van der Waals surface area (Å²) in [4.78, 5) is 0. The van der Waals surface area contributed by atoms with Crippen LogP contribution in [0.4, 0.5) is 0 Å². The van der Waals surface area contributed by atoms with E-state index in [0.717, 1.165) is 37.0 Å². The number of rotatable bonds is 11. The average molecular weight is 276 g/mol. The molecule has 0 aromatic heterocycles.